The van der Waals surface area contributed by atoms with E-state index < -0.39 is 0 Å². The predicted molar refractivity (Wildman–Crippen MR) is 164 cm³/mol. The zero-order valence-corrected chi connectivity index (χ0v) is 24.7. The van der Waals surface area contributed by atoms with Crippen molar-refractivity contribution in [1.29, 1.82) is 0 Å². The molecule has 3 aromatic rings. The molecular weight excluding hydrogens is 510 g/mol. The molecule has 0 saturated carbocycles. The molecule has 6 heteroatoms. The second kappa shape index (κ2) is 12.7. The van der Waals surface area contributed by atoms with Crippen molar-refractivity contribution in [3.63, 3.8) is 0 Å². The highest BCUT2D eigenvalue weighted by Crippen LogP contribution is 2.34. The van der Waals surface area contributed by atoms with E-state index >= 15 is 0 Å². The Balaban J connectivity index is 1.34. The minimum absolute atomic E-state index is 0.0308. The van der Waals surface area contributed by atoms with Crippen LogP contribution in [0.4, 0.5) is 0 Å². The van der Waals surface area contributed by atoms with Gasteiger partial charge in [0.05, 0.1) is 12.6 Å². The molecule has 2 aliphatic heterocycles. The highest BCUT2D eigenvalue weighted by atomic mass is 16.5. The number of nitrogens with zero attached hydrogens (tertiary/aromatic N) is 2. The fourth-order valence-electron chi connectivity index (χ4n) is 5.89. The molecule has 0 aromatic heterocycles. The van der Waals surface area contributed by atoms with Crippen molar-refractivity contribution in [2.24, 2.45) is 0 Å². The fourth-order valence-corrected chi connectivity index (χ4v) is 5.89. The van der Waals surface area contributed by atoms with Crippen molar-refractivity contribution in [3.8, 4) is 5.75 Å². The van der Waals surface area contributed by atoms with E-state index in [-0.39, 0.29) is 23.9 Å². The maximum atomic E-state index is 14.0. The van der Waals surface area contributed by atoms with E-state index in [9.17, 15) is 9.59 Å². The van der Waals surface area contributed by atoms with Crippen molar-refractivity contribution < 1.29 is 14.3 Å². The summed E-state index contributed by atoms with van der Waals surface area (Å²) in [4.78, 5) is 30.0. The van der Waals surface area contributed by atoms with Crippen molar-refractivity contribution in [1.82, 2.24) is 15.1 Å². The fraction of sp³-hybridized carbons (Fsp3) is 0.371. The third-order valence-electron chi connectivity index (χ3n) is 8.30. The molecule has 6 nitrogen and oxygen atoms in total. The normalized spacial score (nSPS) is 18.3. The number of carbonyl (C=O) groups excluding carboxylic acids is 2. The second-order valence-corrected chi connectivity index (χ2v) is 11.5. The number of benzene rings is 3. The number of fused-ring (bicyclic) bond motifs is 2. The Bertz CT molecular complexity index is 1410. The summed E-state index contributed by atoms with van der Waals surface area (Å²) >= 11 is 0. The first kappa shape index (κ1) is 28.6. The molecule has 2 bridgehead atoms. The van der Waals surface area contributed by atoms with Crippen LogP contribution in [0.15, 0.2) is 78.4 Å². The maximum absolute atomic E-state index is 14.0. The van der Waals surface area contributed by atoms with Crippen LogP contribution in [0.3, 0.4) is 0 Å². The van der Waals surface area contributed by atoms with Crippen LogP contribution in [0.5, 0.6) is 5.75 Å². The van der Waals surface area contributed by atoms with Crippen LogP contribution in [0.2, 0.25) is 0 Å². The zero-order chi connectivity index (χ0) is 28.9. The molecular formula is C35H41N3O3. The van der Waals surface area contributed by atoms with E-state index in [1.807, 2.05) is 35.0 Å². The Labute approximate surface area is 244 Å². The minimum atomic E-state index is -0.182. The number of hydrogen-bond donors (Lipinski definition) is 1. The van der Waals surface area contributed by atoms with E-state index in [1.165, 1.54) is 16.7 Å². The van der Waals surface area contributed by atoms with Gasteiger partial charge in [-0.25, -0.2) is 0 Å². The largest absolute Gasteiger partial charge is 0.493 e. The van der Waals surface area contributed by atoms with Crippen LogP contribution in [0, 0.1) is 13.8 Å². The van der Waals surface area contributed by atoms with Gasteiger partial charge in [-0.1, -0.05) is 66.7 Å². The lowest BCUT2D eigenvalue weighted by Gasteiger charge is -2.44. The molecule has 41 heavy (non-hydrogen) atoms. The third-order valence-corrected chi connectivity index (χ3v) is 8.30. The van der Waals surface area contributed by atoms with Crippen LogP contribution < -0.4 is 10.1 Å². The third kappa shape index (κ3) is 6.88. The molecule has 2 heterocycles. The first-order chi connectivity index (χ1) is 19.8. The summed E-state index contributed by atoms with van der Waals surface area (Å²) < 4.78 is 6.08. The van der Waals surface area contributed by atoms with Gasteiger partial charge in [-0.2, -0.15) is 0 Å². The van der Waals surface area contributed by atoms with Gasteiger partial charge in [0, 0.05) is 51.6 Å². The number of hydrogen-bond acceptors (Lipinski definition) is 4. The zero-order valence-electron chi connectivity index (χ0n) is 24.7. The lowest BCUT2D eigenvalue weighted by atomic mass is 9.82. The van der Waals surface area contributed by atoms with Crippen molar-refractivity contribution in [2.45, 2.75) is 52.1 Å². The number of ether oxygens (including phenoxy) is 1. The van der Waals surface area contributed by atoms with Crippen molar-refractivity contribution >= 4 is 17.4 Å². The van der Waals surface area contributed by atoms with E-state index in [0.717, 1.165) is 40.9 Å². The highest BCUT2D eigenvalue weighted by Gasteiger charge is 2.39. The molecule has 1 saturated heterocycles. The van der Waals surface area contributed by atoms with Crippen LogP contribution in [-0.2, 0) is 22.4 Å². The van der Waals surface area contributed by atoms with Gasteiger partial charge >= 0.3 is 0 Å². The summed E-state index contributed by atoms with van der Waals surface area (Å²) in [7, 11) is 1.88. The van der Waals surface area contributed by atoms with E-state index in [1.54, 1.807) is 6.92 Å². The molecule has 1 fully saturated rings. The SMILES string of the molecule is CC(=O)N1CC2CC(c3ccc(CCOc4cc(C)ccc4C)cc3)=C(C(=O)N(C)CCc3ccccc3)[C@@H](C1)N2. The Kier molecular flexibility index (Phi) is 8.89. The van der Waals surface area contributed by atoms with E-state index in [0.29, 0.717) is 32.7 Å². The number of amides is 2. The van der Waals surface area contributed by atoms with Gasteiger partial charge in [-0.05, 0) is 66.1 Å². The molecule has 2 amide bonds. The number of likely N-dealkylation sites (N-methyl/N-ethyl adjacent to an activating group) is 1. The number of rotatable bonds is 9. The summed E-state index contributed by atoms with van der Waals surface area (Å²) in [6.45, 7) is 8.17. The molecule has 0 radical (unpaired) electrons. The van der Waals surface area contributed by atoms with Crippen molar-refractivity contribution in [3.05, 3.63) is 106 Å². The van der Waals surface area contributed by atoms with Crippen LogP contribution >= 0.6 is 0 Å². The van der Waals surface area contributed by atoms with Crippen LogP contribution in [0.1, 0.15) is 41.2 Å². The predicted octanol–water partition coefficient (Wildman–Crippen LogP) is 4.97. The summed E-state index contributed by atoms with van der Waals surface area (Å²) in [6.07, 6.45) is 2.31. The molecule has 2 aliphatic rings. The van der Waals surface area contributed by atoms with Gasteiger partial charge < -0.3 is 19.9 Å². The Morgan fingerprint density at radius 1 is 0.951 bits per heavy atom. The molecule has 0 spiro atoms. The minimum Gasteiger partial charge on any atom is -0.493 e. The topological polar surface area (TPSA) is 61.9 Å². The summed E-state index contributed by atoms with van der Waals surface area (Å²) in [5.41, 5.74) is 7.70. The lowest BCUT2D eigenvalue weighted by molar-refractivity contribution is -0.132. The quantitative estimate of drug-likeness (QED) is 0.408. The Morgan fingerprint density at radius 3 is 2.41 bits per heavy atom. The monoisotopic (exact) mass is 551 g/mol. The first-order valence-corrected chi connectivity index (χ1v) is 14.6. The van der Waals surface area contributed by atoms with Gasteiger partial charge in [0.1, 0.15) is 5.75 Å². The summed E-state index contributed by atoms with van der Waals surface area (Å²) in [5, 5.41) is 3.64. The van der Waals surface area contributed by atoms with Crippen LogP contribution in [-0.4, -0.2) is 67.0 Å². The standard InChI is InChI=1S/C35H41N3O3/c1-24-10-11-25(2)33(20-24)41-19-17-28-12-14-29(15-13-28)31-21-30-22-38(26(3)39)23-32(36-30)34(31)35(40)37(4)18-16-27-8-6-5-7-9-27/h5-15,20,30,32,36H,16-19,21-23H2,1-4H3/t30?,32-/m1/s1. The number of nitrogens with one attached hydrogen (secondary N) is 1. The summed E-state index contributed by atoms with van der Waals surface area (Å²) in [5.74, 6) is 1.03. The molecule has 5 rings (SSSR count). The average Bonchev–Trinajstić information content (AvgIpc) is 2.97. The number of piperazine rings is 1. The smallest absolute Gasteiger partial charge is 0.251 e. The molecule has 214 valence electrons. The first-order valence-electron chi connectivity index (χ1n) is 14.6. The van der Waals surface area contributed by atoms with E-state index in [4.69, 9.17) is 4.74 Å². The van der Waals surface area contributed by atoms with Gasteiger partial charge in [0.2, 0.25) is 5.91 Å². The van der Waals surface area contributed by atoms with Gasteiger partial charge in [0.25, 0.3) is 5.91 Å². The van der Waals surface area contributed by atoms with Gasteiger partial charge in [-0.15, -0.1) is 0 Å². The average molecular weight is 552 g/mol. The molecule has 0 aliphatic carbocycles. The molecule has 1 N–H and O–H groups in total. The van der Waals surface area contributed by atoms with Crippen LogP contribution in [0.25, 0.3) is 5.57 Å². The van der Waals surface area contributed by atoms with Crippen molar-refractivity contribution in [2.75, 3.05) is 33.3 Å². The number of aryl methyl sites for hydroxylation is 2. The van der Waals surface area contributed by atoms with Gasteiger partial charge in [-0.3, -0.25) is 9.59 Å². The van der Waals surface area contributed by atoms with E-state index in [2.05, 4.69) is 73.8 Å². The second-order valence-electron chi connectivity index (χ2n) is 11.5. The Hall–Kier alpha value is -3.90. The molecule has 2 atom stereocenters. The Morgan fingerprint density at radius 2 is 1.68 bits per heavy atom. The molecule has 1 unspecified atom stereocenters. The highest BCUT2D eigenvalue weighted by molar-refractivity contribution is 6.03. The molecule has 3 aromatic carbocycles. The maximum Gasteiger partial charge on any atom is 0.251 e. The lowest BCUT2D eigenvalue weighted by Crippen LogP contribution is -2.61. The number of carbonyl (C=O) groups is 2. The van der Waals surface area contributed by atoms with Gasteiger partial charge in [0.15, 0.2) is 0 Å². The summed E-state index contributed by atoms with van der Waals surface area (Å²) in [6, 6.07) is 25.1.